The maximum absolute atomic E-state index is 9.42. The molecule has 0 atom stereocenters. The summed E-state index contributed by atoms with van der Waals surface area (Å²) in [7, 11) is 4.11. The highest BCUT2D eigenvalue weighted by Gasteiger charge is 2.06. The standard InChI is InChI=1S/C14H18N2OS/c1-16(2)7-8-18-14-12(10-17)9-11-5-3-4-6-13(11)15-14/h3-6,9,17H,7-8,10H2,1-2H3. The molecule has 0 aliphatic carbocycles. The van der Waals surface area contributed by atoms with E-state index in [1.54, 1.807) is 11.8 Å². The molecule has 0 spiro atoms. The van der Waals surface area contributed by atoms with Crippen molar-refractivity contribution in [3.63, 3.8) is 0 Å². The summed E-state index contributed by atoms with van der Waals surface area (Å²) in [6, 6.07) is 10.0. The number of aliphatic hydroxyl groups excluding tert-OH is 1. The van der Waals surface area contributed by atoms with E-state index in [1.165, 1.54) is 0 Å². The summed E-state index contributed by atoms with van der Waals surface area (Å²) in [6.45, 7) is 1.05. The van der Waals surface area contributed by atoms with Gasteiger partial charge in [-0.25, -0.2) is 4.98 Å². The van der Waals surface area contributed by atoms with Crippen molar-refractivity contribution in [2.75, 3.05) is 26.4 Å². The van der Waals surface area contributed by atoms with Gasteiger partial charge in [0.1, 0.15) is 5.03 Å². The highest BCUT2D eigenvalue weighted by molar-refractivity contribution is 7.99. The van der Waals surface area contributed by atoms with Crippen LogP contribution in [-0.4, -0.2) is 41.4 Å². The van der Waals surface area contributed by atoms with Crippen molar-refractivity contribution in [3.8, 4) is 0 Å². The van der Waals surface area contributed by atoms with Crippen LogP contribution < -0.4 is 0 Å². The number of benzene rings is 1. The first-order chi connectivity index (χ1) is 8.70. The lowest BCUT2D eigenvalue weighted by atomic mass is 10.2. The Morgan fingerprint density at radius 2 is 2.06 bits per heavy atom. The second-order valence-electron chi connectivity index (χ2n) is 4.46. The predicted octanol–water partition coefficient (Wildman–Crippen LogP) is 2.38. The first-order valence-electron chi connectivity index (χ1n) is 5.98. The molecule has 1 heterocycles. The Balaban J connectivity index is 2.24. The minimum Gasteiger partial charge on any atom is -0.392 e. The molecular formula is C14H18N2OS. The van der Waals surface area contributed by atoms with Crippen LogP contribution in [0.3, 0.4) is 0 Å². The van der Waals surface area contributed by atoms with Gasteiger partial charge in [-0.1, -0.05) is 18.2 Å². The number of rotatable bonds is 5. The molecule has 18 heavy (non-hydrogen) atoms. The van der Waals surface area contributed by atoms with Crippen LogP contribution in [0.5, 0.6) is 0 Å². The van der Waals surface area contributed by atoms with Crippen LogP contribution in [-0.2, 0) is 6.61 Å². The van der Waals surface area contributed by atoms with Crippen molar-refractivity contribution >= 4 is 22.7 Å². The number of hydrogen-bond acceptors (Lipinski definition) is 4. The molecule has 1 aromatic heterocycles. The Kier molecular flexibility index (Phi) is 4.58. The maximum Gasteiger partial charge on any atom is 0.102 e. The summed E-state index contributed by atoms with van der Waals surface area (Å²) in [5.41, 5.74) is 1.90. The van der Waals surface area contributed by atoms with Crippen LogP contribution >= 0.6 is 11.8 Å². The number of nitrogens with zero attached hydrogens (tertiary/aromatic N) is 2. The van der Waals surface area contributed by atoms with Crippen molar-refractivity contribution in [1.82, 2.24) is 9.88 Å². The minimum atomic E-state index is 0.0438. The fraction of sp³-hybridized carbons (Fsp3) is 0.357. The first kappa shape index (κ1) is 13.3. The van der Waals surface area contributed by atoms with E-state index in [9.17, 15) is 5.11 Å². The van der Waals surface area contributed by atoms with Gasteiger partial charge in [0.25, 0.3) is 0 Å². The summed E-state index contributed by atoms with van der Waals surface area (Å²) < 4.78 is 0. The summed E-state index contributed by atoms with van der Waals surface area (Å²) >= 11 is 1.70. The van der Waals surface area contributed by atoms with Crippen LogP contribution in [0.2, 0.25) is 0 Å². The van der Waals surface area contributed by atoms with Gasteiger partial charge in [-0.05, 0) is 26.2 Å². The third-order valence-corrected chi connectivity index (χ3v) is 3.72. The van der Waals surface area contributed by atoms with Gasteiger partial charge in [0.2, 0.25) is 0 Å². The molecule has 0 radical (unpaired) electrons. The second kappa shape index (κ2) is 6.18. The normalized spacial score (nSPS) is 11.3. The average molecular weight is 262 g/mol. The third-order valence-electron chi connectivity index (χ3n) is 2.71. The summed E-state index contributed by atoms with van der Waals surface area (Å²) in [6.07, 6.45) is 0. The molecule has 0 aliphatic heterocycles. The zero-order valence-corrected chi connectivity index (χ0v) is 11.6. The van der Waals surface area contributed by atoms with Gasteiger partial charge in [-0.2, -0.15) is 0 Å². The van der Waals surface area contributed by atoms with Gasteiger partial charge in [-0.3, -0.25) is 0 Å². The van der Waals surface area contributed by atoms with E-state index in [1.807, 2.05) is 30.3 Å². The number of para-hydroxylation sites is 1. The molecule has 1 aromatic carbocycles. The monoisotopic (exact) mass is 262 g/mol. The van der Waals surface area contributed by atoms with Crippen LogP contribution in [0.15, 0.2) is 35.4 Å². The molecule has 0 aliphatic rings. The molecule has 0 unspecified atom stereocenters. The molecule has 0 saturated heterocycles. The number of aliphatic hydroxyl groups is 1. The summed E-state index contributed by atoms with van der Waals surface area (Å²) in [5, 5.41) is 11.4. The van der Waals surface area contributed by atoms with Crippen molar-refractivity contribution in [1.29, 1.82) is 0 Å². The molecule has 4 heteroatoms. The van der Waals surface area contributed by atoms with Crippen molar-refractivity contribution in [2.45, 2.75) is 11.6 Å². The highest BCUT2D eigenvalue weighted by atomic mass is 32.2. The largest absolute Gasteiger partial charge is 0.392 e. The van der Waals surface area contributed by atoms with E-state index in [2.05, 4.69) is 24.0 Å². The van der Waals surface area contributed by atoms with E-state index < -0.39 is 0 Å². The lowest BCUT2D eigenvalue weighted by molar-refractivity contribution is 0.278. The van der Waals surface area contributed by atoms with E-state index in [4.69, 9.17) is 0 Å². The Hall–Kier alpha value is -1.10. The molecule has 3 nitrogen and oxygen atoms in total. The van der Waals surface area contributed by atoms with Crippen molar-refractivity contribution in [2.24, 2.45) is 0 Å². The summed E-state index contributed by atoms with van der Waals surface area (Å²) in [4.78, 5) is 6.77. The molecule has 1 N–H and O–H groups in total. The van der Waals surface area contributed by atoms with Crippen LogP contribution in [0.1, 0.15) is 5.56 Å². The predicted molar refractivity (Wildman–Crippen MR) is 76.9 cm³/mol. The van der Waals surface area contributed by atoms with E-state index in [0.29, 0.717) is 0 Å². The van der Waals surface area contributed by atoms with Gasteiger partial charge in [0.15, 0.2) is 0 Å². The Morgan fingerprint density at radius 3 is 2.78 bits per heavy atom. The molecule has 0 amide bonds. The Morgan fingerprint density at radius 1 is 1.28 bits per heavy atom. The van der Waals surface area contributed by atoms with E-state index in [-0.39, 0.29) is 6.61 Å². The lowest BCUT2D eigenvalue weighted by Gasteiger charge is -2.11. The number of fused-ring (bicyclic) bond motifs is 1. The number of pyridine rings is 1. The van der Waals surface area contributed by atoms with Gasteiger partial charge in [0, 0.05) is 23.2 Å². The van der Waals surface area contributed by atoms with Crippen LogP contribution in [0, 0.1) is 0 Å². The molecule has 0 fully saturated rings. The molecule has 96 valence electrons. The summed E-state index contributed by atoms with van der Waals surface area (Å²) in [5.74, 6) is 0.978. The first-order valence-corrected chi connectivity index (χ1v) is 6.96. The number of aromatic nitrogens is 1. The number of thioether (sulfide) groups is 1. The average Bonchev–Trinajstić information content (AvgIpc) is 2.37. The Bertz CT molecular complexity index is 528. The quantitative estimate of drug-likeness (QED) is 0.839. The number of hydrogen-bond donors (Lipinski definition) is 1. The lowest BCUT2D eigenvalue weighted by Crippen LogP contribution is -2.15. The van der Waals surface area contributed by atoms with Crippen LogP contribution in [0.4, 0.5) is 0 Å². The molecule has 2 rings (SSSR count). The zero-order chi connectivity index (χ0) is 13.0. The molecule has 2 aromatic rings. The fourth-order valence-corrected chi connectivity index (χ4v) is 2.83. The topological polar surface area (TPSA) is 36.4 Å². The van der Waals surface area contributed by atoms with Crippen molar-refractivity contribution < 1.29 is 5.11 Å². The van der Waals surface area contributed by atoms with Crippen LogP contribution in [0.25, 0.3) is 10.9 Å². The van der Waals surface area contributed by atoms with Gasteiger partial charge in [-0.15, -0.1) is 11.8 Å². The van der Waals surface area contributed by atoms with E-state index in [0.717, 1.165) is 33.8 Å². The smallest absolute Gasteiger partial charge is 0.102 e. The second-order valence-corrected chi connectivity index (χ2v) is 5.54. The maximum atomic E-state index is 9.42. The Labute approximate surface area is 112 Å². The van der Waals surface area contributed by atoms with Gasteiger partial charge in [0.05, 0.1) is 12.1 Å². The molecule has 0 saturated carbocycles. The molecule has 0 bridgehead atoms. The third kappa shape index (κ3) is 3.22. The fourth-order valence-electron chi connectivity index (χ4n) is 1.71. The molecular weight excluding hydrogens is 244 g/mol. The van der Waals surface area contributed by atoms with Gasteiger partial charge >= 0.3 is 0 Å². The van der Waals surface area contributed by atoms with Crippen molar-refractivity contribution in [3.05, 3.63) is 35.9 Å². The van der Waals surface area contributed by atoms with E-state index >= 15 is 0 Å². The minimum absolute atomic E-state index is 0.0438. The highest BCUT2D eigenvalue weighted by Crippen LogP contribution is 2.24. The SMILES string of the molecule is CN(C)CCSc1nc2ccccc2cc1CO. The zero-order valence-electron chi connectivity index (χ0n) is 10.8. The van der Waals surface area contributed by atoms with Gasteiger partial charge < -0.3 is 10.0 Å².